The lowest BCUT2D eigenvalue weighted by atomic mass is 10.1. The molecule has 1 saturated heterocycles. The van der Waals surface area contributed by atoms with Crippen molar-refractivity contribution in [2.45, 2.75) is 18.4 Å². The molecular formula is C13H16ClIN2O. The average molecular weight is 379 g/mol. The maximum absolute atomic E-state index is 12.5. The van der Waals surface area contributed by atoms with Crippen molar-refractivity contribution in [3.8, 4) is 0 Å². The van der Waals surface area contributed by atoms with Crippen LogP contribution in [-0.2, 0) is 0 Å². The van der Waals surface area contributed by atoms with Crippen molar-refractivity contribution in [1.82, 2.24) is 10.2 Å². The van der Waals surface area contributed by atoms with E-state index in [0.717, 1.165) is 41.6 Å². The number of nitrogens with one attached hydrogen (secondary N) is 1. The molecule has 0 atom stereocenters. The maximum Gasteiger partial charge on any atom is 0.254 e. The summed E-state index contributed by atoms with van der Waals surface area (Å²) in [6.07, 6.45) is 2.30. The molecule has 0 bridgehead atoms. The number of rotatable bonds is 1. The fourth-order valence-electron chi connectivity index (χ4n) is 2.53. The third-order valence-electron chi connectivity index (χ3n) is 3.68. The van der Waals surface area contributed by atoms with Gasteiger partial charge in [-0.05, 0) is 53.6 Å². The van der Waals surface area contributed by atoms with Crippen LogP contribution in [0.5, 0.6) is 0 Å². The fourth-order valence-corrected chi connectivity index (χ4v) is 3.07. The van der Waals surface area contributed by atoms with Crippen LogP contribution in [0.25, 0.3) is 0 Å². The molecule has 1 aliphatic heterocycles. The first-order chi connectivity index (χ1) is 8.21. The van der Waals surface area contributed by atoms with Gasteiger partial charge in [0.15, 0.2) is 0 Å². The molecule has 2 aliphatic rings. The van der Waals surface area contributed by atoms with Crippen LogP contribution < -0.4 is 5.32 Å². The summed E-state index contributed by atoms with van der Waals surface area (Å²) in [5, 5.41) is 3.39. The largest absolute Gasteiger partial charge is 0.330 e. The van der Waals surface area contributed by atoms with Crippen molar-refractivity contribution in [2.75, 3.05) is 19.6 Å². The molecule has 1 saturated carbocycles. The number of hydrogen-bond donors (Lipinski definition) is 1. The van der Waals surface area contributed by atoms with E-state index in [2.05, 4.69) is 32.8 Å². The predicted molar refractivity (Wildman–Crippen MR) is 82.3 cm³/mol. The van der Waals surface area contributed by atoms with Crippen molar-refractivity contribution in [3.63, 3.8) is 0 Å². The Balaban J connectivity index is 0.00000120. The molecule has 1 heterocycles. The van der Waals surface area contributed by atoms with Crippen LogP contribution in [-0.4, -0.2) is 36.0 Å². The Kier molecular flexibility index (Phi) is 4.18. The van der Waals surface area contributed by atoms with E-state index < -0.39 is 0 Å². The van der Waals surface area contributed by atoms with Crippen LogP contribution >= 0.6 is 35.0 Å². The lowest BCUT2D eigenvalue weighted by Gasteiger charge is -2.36. The Hall–Kier alpha value is -0.330. The number of piperazine rings is 1. The first kappa shape index (κ1) is 14.1. The summed E-state index contributed by atoms with van der Waals surface area (Å²) in [6, 6.07) is 7.86. The SMILES string of the molecule is Cl.O=C(c1cccc(I)c1)N1CCNCC12CC2. The molecule has 5 heteroatoms. The number of carbonyl (C=O) groups is 1. The predicted octanol–water partition coefficient (Wildman–Crippen LogP) is 2.29. The van der Waals surface area contributed by atoms with Crippen molar-refractivity contribution >= 4 is 40.9 Å². The van der Waals surface area contributed by atoms with E-state index in [9.17, 15) is 4.79 Å². The maximum atomic E-state index is 12.5. The summed E-state index contributed by atoms with van der Waals surface area (Å²) < 4.78 is 1.12. The zero-order chi connectivity index (χ0) is 11.9. The van der Waals surface area contributed by atoms with Gasteiger partial charge in [0, 0.05) is 28.8 Å². The normalized spacial score (nSPS) is 20.4. The van der Waals surface area contributed by atoms with Gasteiger partial charge in [-0.25, -0.2) is 0 Å². The van der Waals surface area contributed by atoms with E-state index >= 15 is 0 Å². The van der Waals surface area contributed by atoms with Crippen LogP contribution in [0.4, 0.5) is 0 Å². The number of nitrogens with zero attached hydrogens (tertiary/aromatic N) is 1. The van der Waals surface area contributed by atoms with E-state index in [-0.39, 0.29) is 23.9 Å². The minimum absolute atomic E-state index is 0. The molecular weight excluding hydrogens is 363 g/mol. The summed E-state index contributed by atoms with van der Waals surface area (Å²) in [7, 11) is 0. The molecule has 3 nitrogen and oxygen atoms in total. The van der Waals surface area contributed by atoms with Crippen LogP contribution in [0.2, 0.25) is 0 Å². The van der Waals surface area contributed by atoms with Gasteiger partial charge < -0.3 is 10.2 Å². The Morgan fingerprint density at radius 2 is 2.17 bits per heavy atom. The van der Waals surface area contributed by atoms with Gasteiger partial charge in [0.2, 0.25) is 0 Å². The van der Waals surface area contributed by atoms with Gasteiger partial charge in [-0.3, -0.25) is 4.79 Å². The molecule has 98 valence electrons. The average Bonchev–Trinajstić information content (AvgIpc) is 3.09. The summed E-state index contributed by atoms with van der Waals surface area (Å²) >= 11 is 2.25. The van der Waals surface area contributed by atoms with Gasteiger partial charge in [-0.2, -0.15) is 0 Å². The molecule has 2 fully saturated rings. The molecule has 0 unspecified atom stereocenters. The molecule has 18 heavy (non-hydrogen) atoms. The minimum atomic E-state index is 0. The van der Waals surface area contributed by atoms with Gasteiger partial charge in [0.25, 0.3) is 5.91 Å². The number of hydrogen-bond acceptors (Lipinski definition) is 2. The quantitative estimate of drug-likeness (QED) is 0.761. The number of halogens is 2. The highest BCUT2D eigenvalue weighted by Gasteiger charge is 2.51. The van der Waals surface area contributed by atoms with Gasteiger partial charge in [0.05, 0.1) is 5.54 Å². The van der Waals surface area contributed by atoms with Gasteiger partial charge in [-0.1, -0.05) is 6.07 Å². The molecule has 1 spiro atoms. The zero-order valence-electron chi connectivity index (χ0n) is 9.99. The van der Waals surface area contributed by atoms with Gasteiger partial charge in [-0.15, -0.1) is 12.4 Å². The second-order valence-electron chi connectivity index (χ2n) is 4.87. The standard InChI is InChI=1S/C13H15IN2O.ClH/c14-11-3-1-2-10(8-11)12(17)16-7-6-15-9-13(16)4-5-13;/h1-3,8,15H,4-7,9H2;1H. The van der Waals surface area contributed by atoms with E-state index in [1.54, 1.807) is 0 Å². The molecule has 1 aromatic rings. The molecule has 0 radical (unpaired) electrons. The third kappa shape index (κ3) is 2.51. The summed E-state index contributed by atoms with van der Waals surface area (Å²) in [5.41, 5.74) is 0.960. The van der Waals surface area contributed by atoms with E-state index in [0.29, 0.717) is 0 Å². The molecule has 3 rings (SSSR count). The fraction of sp³-hybridized carbons (Fsp3) is 0.462. The topological polar surface area (TPSA) is 32.3 Å². The first-order valence-electron chi connectivity index (χ1n) is 6.00. The van der Waals surface area contributed by atoms with Crippen LogP contribution in [0.3, 0.4) is 0 Å². The highest BCUT2D eigenvalue weighted by Crippen LogP contribution is 2.42. The van der Waals surface area contributed by atoms with Gasteiger partial charge >= 0.3 is 0 Å². The highest BCUT2D eigenvalue weighted by molar-refractivity contribution is 14.1. The summed E-state index contributed by atoms with van der Waals surface area (Å²) in [6.45, 7) is 2.71. The molecule has 1 aromatic carbocycles. The lowest BCUT2D eigenvalue weighted by molar-refractivity contribution is 0.0600. The van der Waals surface area contributed by atoms with Crippen molar-refractivity contribution in [3.05, 3.63) is 33.4 Å². The molecule has 1 N–H and O–H groups in total. The van der Waals surface area contributed by atoms with Crippen LogP contribution in [0.15, 0.2) is 24.3 Å². The summed E-state index contributed by atoms with van der Waals surface area (Å²) in [4.78, 5) is 14.6. The summed E-state index contributed by atoms with van der Waals surface area (Å²) in [5.74, 6) is 0.197. The highest BCUT2D eigenvalue weighted by atomic mass is 127. The Morgan fingerprint density at radius 3 is 2.83 bits per heavy atom. The lowest BCUT2D eigenvalue weighted by Crippen LogP contribution is -2.55. The Bertz CT molecular complexity index is 462. The van der Waals surface area contributed by atoms with E-state index in [4.69, 9.17) is 0 Å². The number of benzene rings is 1. The minimum Gasteiger partial charge on any atom is -0.330 e. The second-order valence-corrected chi connectivity index (χ2v) is 6.11. The van der Waals surface area contributed by atoms with E-state index in [1.165, 1.54) is 0 Å². The molecule has 0 aromatic heterocycles. The zero-order valence-corrected chi connectivity index (χ0v) is 13.0. The Morgan fingerprint density at radius 1 is 1.39 bits per heavy atom. The van der Waals surface area contributed by atoms with Crippen LogP contribution in [0.1, 0.15) is 23.2 Å². The molecule has 1 aliphatic carbocycles. The van der Waals surface area contributed by atoms with Gasteiger partial charge in [0.1, 0.15) is 0 Å². The second kappa shape index (κ2) is 5.35. The van der Waals surface area contributed by atoms with E-state index in [1.807, 2.05) is 24.3 Å². The third-order valence-corrected chi connectivity index (χ3v) is 4.35. The Labute approximate surface area is 127 Å². The monoisotopic (exact) mass is 378 g/mol. The van der Waals surface area contributed by atoms with Crippen LogP contribution in [0, 0.1) is 3.57 Å². The van der Waals surface area contributed by atoms with Crippen molar-refractivity contribution in [1.29, 1.82) is 0 Å². The number of amides is 1. The van der Waals surface area contributed by atoms with Crippen molar-refractivity contribution < 1.29 is 4.79 Å². The van der Waals surface area contributed by atoms with Crippen molar-refractivity contribution in [2.24, 2.45) is 0 Å². The first-order valence-corrected chi connectivity index (χ1v) is 7.07. The molecule has 1 amide bonds. The smallest absolute Gasteiger partial charge is 0.254 e. The number of carbonyl (C=O) groups excluding carboxylic acids is 1.